The van der Waals surface area contributed by atoms with Crippen LogP contribution in [0.15, 0.2) is 47.7 Å². The van der Waals surface area contributed by atoms with Crippen molar-refractivity contribution in [2.24, 2.45) is 5.10 Å². The third kappa shape index (κ3) is 3.97. The predicted octanol–water partition coefficient (Wildman–Crippen LogP) is 2.56. The van der Waals surface area contributed by atoms with Gasteiger partial charge in [-0.05, 0) is 36.4 Å². The highest BCUT2D eigenvalue weighted by atomic mass is 19.1. The summed E-state index contributed by atoms with van der Waals surface area (Å²) in [5.41, 5.74) is 0.595. The molecule has 0 aliphatic carbocycles. The van der Waals surface area contributed by atoms with Gasteiger partial charge in [-0.3, -0.25) is 9.59 Å². The molecule has 0 bridgehead atoms. The van der Waals surface area contributed by atoms with Gasteiger partial charge in [0.15, 0.2) is 0 Å². The molecule has 7 nitrogen and oxygen atoms in total. The summed E-state index contributed by atoms with van der Waals surface area (Å²) in [5, 5.41) is 7.80. The average Bonchev–Trinajstić information content (AvgIpc) is 2.61. The Morgan fingerprint density at radius 2 is 2.00 bits per heavy atom. The third-order valence-electron chi connectivity index (χ3n) is 3.52. The zero-order valence-electron chi connectivity index (χ0n) is 13.4. The van der Waals surface area contributed by atoms with Gasteiger partial charge in [0.1, 0.15) is 23.0 Å². The number of nitrogens with zero attached hydrogens (tertiary/aromatic N) is 3. The van der Waals surface area contributed by atoms with Gasteiger partial charge in [0.05, 0.1) is 0 Å². The van der Waals surface area contributed by atoms with Crippen LogP contribution in [-0.2, 0) is 9.59 Å². The van der Waals surface area contributed by atoms with Gasteiger partial charge in [-0.25, -0.2) is 14.4 Å². The topological polar surface area (TPSA) is 83.9 Å². The van der Waals surface area contributed by atoms with Gasteiger partial charge in [0, 0.05) is 26.1 Å². The summed E-state index contributed by atoms with van der Waals surface area (Å²) in [5.74, 6) is -0.398. The first-order valence-electron chi connectivity index (χ1n) is 7.57. The van der Waals surface area contributed by atoms with Crippen LogP contribution in [0.1, 0.15) is 12.8 Å². The molecular weight excluding hydrogens is 327 g/mol. The number of hydrogen-bond acceptors (Lipinski definition) is 5. The predicted molar refractivity (Wildman–Crippen MR) is 88.8 cm³/mol. The Labute approximate surface area is 143 Å². The minimum absolute atomic E-state index is 0.141. The van der Waals surface area contributed by atoms with Crippen LogP contribution in [-0.4, -0.2) is 34.6 Å². The van der Waals surface area contributed by atoms with E-state index in [1.807, 2.05) is 0 Å². The number of hydrogen-bond donors (Lipinski definition) is 1. The van der Waals surface area contributed by atoms with Crippen molar-refractivity contribution < 1.29 is 18.7 Å². The van der Waals surface area contributed by atoms with Crippen LogP contribution in [0.3, 0.4) is 0 Å². The zero-order chi connectivity index (χ0) is 17.8. The molecule has 2 amide bonds. The number of nitrogens with one attached hydrogen (secondary N) is 1. The molecule has 0 saturated heterocycles. The van der Waals surface area contributed by atoms with Gasteiger partial charge in [0.2, 0.25) is 11.8 Å². The lowest BCUT2D eigenvalue weighted by atomic mass is 10.1. The van der Waals surface area contributed by atoms with E-state index in [-0.39, 0.29) is 36.2 Å². The first-order valence-corrected chi connectivity index (χ1v) is 7.57. The number of rotatable bonds is 4. The number of pyridine rings is 1. The molecule has 1 aliphatic heterocycles. The normalized spacial score (nSPS) is 14.1. The van der Waals surface area contributed by atoms with Crippen molar-refractivity contribution in [2.75, 3.05) is 12.4 Å². The number of amides is 2. The van der Waals surface area contributed by atoms with E-state index in [0.717, 1.165) is 5.01 Å². The second kappa shape index (κ2) is 7.08. The first-order chi connectivity index (χ1) is 12.0. The first kappa shape index (κ1) is 16.6. The van der Waals surface area contributed by atoms with Gasteiger partial charge in [-0.15, -0.1) is 0 Å². The minimum Gasteiger partial charge on any atom is -0.437 e. The summed E-state index contributed by atoms with van der Waals surface area (Å²) in [6, 6.07) is 8.72. The molecule has 1 aromatic carbocycles. The quantitative estimate of drug-likeness (QED) is 0.925. The lowest BCUT2D eigenvalue weighted by Gasteiger charge is -2.19. The van der Waals surface area contributed by atoms with Gasteiger partial charge >= 0.3 is 0 Å². The summed E-state index contributed by atoms with van der Waals surface area (Å²) in [4.78, 5) is 27.9. The van der Waals surface area contributed by atoms with Gasteiger partial charge in [0.25, 0.3) is 5.91 Å². The Morgan fingerprint density at radius 1 is 1.24 bits per heavy atom. The number of hydrazone groups is 1. The molecule has 1 aromatic heterocycles. The molecular formula is C17H15FN4O3. The van der Waals surface area contributed by atoms with Crippen molar-refractivity contribution in [2.45, 2.75) is 12.8 Å². The largest absolute Gasteiger partial charge is 0.437 e. The van der Waals surface area contributed by atoms with Crippen LogP contribution < -0.4 is 10.1 Å². The molecule has 0 spiro atoms. The summed E-state index contributed by atoms with van der Waals surface area (Å²) >= 11 is 0. The molecule has 0 atom stereocenters. The van der Waals surface area contributed by atoms with Crippen LogP contribution in [0.25, 0.3) is 0 Å². The standard InChI is InChI=1S/C17H15FN4O3/c1-22-15(23)9-8-13(21-22)16(24)20-14-3-2-10-19-17(14)25-12-6-4-11(18)5-7-12/h2-7,10H,8-9H2,1H3,(H,20,24). The molecule has 2 heterocycles. The Balaban J connectivity index is 1.77. The summed E-state index contributed by atoms with van der Waals surface area (Å²) < 4.78 is 18.6. The van der Waals surface area contributed by atoms with E-state index in [0.29, 0.717) is 11.4 Å². The van der Waals surface area contributed by atoms with E-state index >= 15 is 0 Å². The fraction of sp³-hybridized carbons (Fsp3) is 0.176. The lowest BCUT2D eigenvalue weighted by Crippen LogP contribution is -2.34. The van der Waals surface area contributed by atoms with Gasteiger partial charge < -0.3 is 10.1 Å². The molecule has 25 heavy (non-hydrogen) atoms. The van der Waals surface area contributed by atoms with Crippen LogP contribution in [0.4, 0.5) is 10.1 Å². The van der Waals surface area contributed by atoms with Gasteiger partial charge in [-0.1, -0.05) is 0 Å². The second-order valence-corrected chi connectivity index (χ2v) is 5.33. The van der Waals surface area contributed by atoms with Crippen molar-refractivity contribution in [3.63, 3.8) is 0 Å². The molecule has 1 aliphatic rings. The summed E-state index contributed by atoms with van der Waals surface area (Å²) in [6.07, 6.45) is 2.01. The van der Waals surface area contributed by atoms with Crippen molar-refractivity contribution in [3.05, 3.63) is 48.4 Å². The fourth-order valence-electron chi connectivity index (χ4n) is 2.21. The average molecular weight is 342 g/mol. The molecule has 0 fully saturated rings. The van der Waals surface area contributed by atoms with Crippen LogP contribution in [0.2, 0.25) is 0 Å². The van der Waals surface area contributed by atoms with E-state index < -0.39 is 5.91 Å². The molecule has 128 valence electrons. The highest BCUT2D eigenvalue weighted by molar-refractivity contribution is 6.43. The number of halogens is 1. The monoisotopic (exact) mass is 342 g/mol. The van der Waals surface area contributed by atoms with Crippen LogP contribution >= 0.6 is 0 Å². The number of carbonyl (C=O) groups excluding carboxylic acids is 2. The highest BCUT2D eigenvalue weighted by Crippen LogP contribution is 2.27. The van der Waals surface area contributed by atoms with Crippen molar-refractivity contribution in [1.82, 2.24) is 9.99 Å². The summed E-state index contributed by atoms with van der Waals surface area (Å²) in [6.45, 7) is 0. The van der Waals surface area contributed by atoms with E-state index in [9.17, 15) is 14.0 Å². The van der Waals surface area contributed by atoms with Gasteiger partial charge in [-0.2, -0.15) is 5.10 Å². The second-order valence-electron chi connectivity index (χ2n) is 5.33. The Morgan fingerprint density at radius 3 is 2.72 bits per heavy atom. The number of benzene rings is 1. The number of ether oxygens (including phenoxy) is 1. The van der Waals surface area contributed by atoms with E-state index in [2.05, 4.69) is 15.4 Å². The smallest absolute Gasteiger partial charge is 0.272 e. The number of aromatic nitrogens is 1. The van der Waals surface area contributed by atoms with E-state index in [1.165, 1.54) is 37.5 Å². The number of carbonyl (C=O) groups is 2. The molecule has 0 unspecified atom stereocenters. The minimum atomic E-state index is -0.434. The van der Waals surface area contributed by atoms with Crippen LogP contribution in [0, 0.1) is 5.82 Å². The third-order valence-corrected chi connectivity index (χ3v) is 3.52. The van der Waals surface area contributed by atoms with Crippen LogP contribution in [0.5, 0.6) is 11.6 Å². The summed E-state index contributed by atoms with van der Waals surface area (Å²) in [7, 11) is 1.50. The molecule has 0 radical (unpaired) electrons. The Kier molecular flexibility index (Phi) is 4.69. The molecule has 1 N–H and O–H groups in total. The van der Waals surface area contributed by atoms with Crippen molar-refractivity contribution in [3.8, 4) is 11.6 Å². The maximum atomic E-state index is 13.0. The maximum Gasteiger partial charge on any atom is 0.272 e. The molecule has 0 saturated carbocycles. The fourth-order valence-corrected chi connectivity index (χ4v) is 2.21. The van der Waals surface area contributed by atoms with Crippen molar-refractivity contribution >= 4 is 23.2 Å². The van der Waals surface area contributed by atoms with Crippen molar-refractivity contribution in [1.29, 1.82) is 0 Å². The lowest BCUT2D eigenvalue weighted by molar-refractivity contribution is -0.130. The molecule has 3 rings (SSSR count). The number of anilines is 1. The SMILES string of the molecule is CN1N=C(C(=O)Nc2cccnc2Oc2ccc(F)cc2)CCC1=O. The zero-order valence-corrected chi connectivity index (χ0v) is 13.4. The molecule has 2 aromatic rings. The van der Waals surface area contributed by atoms with E-state index in [4.69, 9.17) is 4.74 Å². The maximum absolute atomic E-state index is 13.0. The highest BCUT2D eigenvalue weighted by Gasteiger charge is 2.23. The molecule has 8 heteroatoms. The Bertz CT molecular complexity index is 836. The van der Waals surface area contributed by atoms with E-state index in [1.54, 1.807) is 12.1 Å². The Hall–Kier alpha value is -3.29.